The highest BCUT2D eigenvalue weighted by Gasteiger charge is 2.61. The summed E-state index contributed by atoms with van der Waals surface area (Å²) >= 11 is 0. The number of fused-ring (bicyclic) bond motifs is 1. The van der Waals surface area contributed by atoms with Crippen LogP contribution in [0.2, 0.25) is 0 Å². The zero-order chi connectivity index (χ0) is 27.7. The van der Waals surface area contributed by atoms with Crippen molar-refractivity contribution in [2.24, 2.45) is 5.92 Å². The third-order valence-electron chi connectivity index (χ3n) is 6.74. The summed E-state index contributed by atoms with van der Waals surface area (Å²) in [6.07, 6.45) is -0.348. The Hall–Kier alpha value is -4.64. The van der Waals surface area contributed by atoms with Crippen molar-refractivity contribution in [1.29, 1.82) is 0 Å². The van der Waals surface area contributed by atoms with Crippen LogP contribution in [0.1, 0.15) is 24.9 Å². The van der Waals surface area contributed by atoms with E-state index >= 15 is 0 Å². The molecule has 3 aromatic rings. The first-order valence-corrected chi connectivity index (χ1v) is 12.4. The first-order valence-electron chi connectivity index (χ1n) is 12.4. The highest BCUT2D eigenvalue weighted by molar-refractivity contribution is 6.24. The fourth-order valence-corrected chi connectivity index (χ4v) is 4.97. The molecule has 0 bridgehead atoms. The van der Waals surface area contributed by atoms with E-state index in [0.29, 0.717) is 23.7 Å². The molecule has 2 fully saturated rings. The van der Waals surface area contributed by atoms with Gasteiger partial charge in [0.2, 0.25) is 5.91 Å². The van der Waals surface area contributed by atoms with Gasteiger partial charge in [0.25, 0.3) is 11.6 Å². The molecule has 11 heteroatoms. The molecular weight excluding hydrogens is 506 g/mol. The van der Waals surface area contributed by atoms with Gasteiger partial charge in [0.1, 0.15) is 17.7 Å². The van der Waals surface area contributed by atoms with Crippen LogP contribution in [0, 0.1) is 16.0 Å². The van der Waals surface area contributed by atoms with Gasteiger partial charge in [-0.3, -0.25) is 24.5 Å². The second-order valence-electron chi connectivity index (χ2n) is 9.04. The highest BCUT2D eigenvalue weighted by atomic mass is 16.7. The van der Waals surface area contributed by atoms with Gasteiger partial charge < -0.3 is 14.2 Å². The second kappa shape index (κ2) is 10.6. The number of methoxy groups -OCH3 is 2. The van der Waals surface area contributed by atoms with Gasteiger partial charge in [-0.05, 0) is 48.9 Å². The number of nitrogens with zero attached hydrogens (tertiary/aromatic N) is 3. The molecule has 11 nitrogen and oxygen atoms in total. The van der Waals surface area contributed by atoms with Crippen LogP contribution >= 0.6 is 0 Å². The largest absolute Gasteiger partial charge is 0.494 e. The molecule has 202 valence electrons. The lowest BCUT2D eigenvalue weighted by Gasteiger charge is -2.29. The molecular formula is C28H27N3O8. The van der Waals surface area contributed by atoms with E-state index in [1.54, 1.807) is 54.6 Å². The maximum Gasteiger partial charge on any atom is 0.278 e. The van der Waals surface area contributed by atoms with Crippen LogP contribution in [-0.2, 0) is 14.4 Å². The van der Waals surface area contributed by atoms with Crippen LogP contribution in [0.5, 0.6) is 17.2 Å². The summed E-state index contributed by atoms with van der Waals surface area (Å²) < 4.78 is 16.3. The quantitative estimate of drug-likeness (QED) is 0.223. The normalized spacial score (nSPS) is 20.2. The van der Waals surface area contributed by atoms with Gasteiger partial charge in [-0.25, -0.2) is 9.96 Å². The van der Waals surface area contributed by atoms with E-state index < -0.39 is 34.8 Å². The molecule has 5 rings (SSSR count). The average Bonchev–Trinajstić information content (AvgIpc) is 3.47. The number of rotatable bonds is 9. The number of nitro benzene ring substituents is 1. The predicted octanol–water partition coefficient (Wildman–Crippen LogP) is 4.45. The van der Waals surface area contributed by atoms with Crippen molar-refractivity contribution >= 4 is 28.9 Å². The van der Waals surface area contributed by atoms with E-state index in [0.717, 1.165) is 11.3 Å². The number of para-hydroxylation sites is 1. The summed E-state index contributed by atoms with van der Waals surface area (Å²) in [5.41, 5.74) is 0.753. The van der Waals surface area contributed by atoms with Crippen LogP contribution < -0.4 is 24.2 Å². The zero-order valence-corrected chi connectivity index (χ0v) is 21.6. The fourth-order valence-electron chi connectivity index (χ4n) is 4.97. The van der Waals surface area contributed by atoms with E-state index in [1.165, 1.54) is 31.4 Å². The number of carbonyl (C=O) groups is 2. The molecule has 39 heavy (non-hydrogen) atoms. The highest BCUT2D eigenvalue weighted by Crippen LogP contribution is 2.51. The number of hydroxylamine groups is 1. The number of hydrogen-bond donors (Lipinski definition) is 0. The standard InChI is InChI=1S/C28H27N3O8/c1-4-14-38-19-12-10-17(11-13-19)29-27(32)24-25(20-15-22(36-2)23(37-3)16-21(20)31(34)35)30(39-26(24)28(29)33)18-8-6-5-7-9-18/h5-13,15-16,24-26H,4,14H2,1-3H3/t24-,25+,26-/m1/s1. The van der Waals surface area contributed by atoms with Gasteiger partial charge >= 0.3 is 0 Å². The van der Waals surface area contributed by atoms with Crippen molar-refractivity contribution in [3.05, 3.63) is 82.4 Å². The molecule has 0 aromatic heterocycles. The minimum Gasteiger partial charge on any atom is -0.494 e. The Morgan fingerprint density at radius 3 is 2.21 bits per heavy atom. The molecule has 0 spiro atoms. The molecule has 2 saturated heterocycles. The maximum absolute atomic E-state index is 13.9. The van der Waals surface area contributed by atoms with Crippen LogP contribution in [0.15, 0.2) is 66.7 Å². The molecule has 2 aliphatic heterocycles. The summed E-state index contributed by atoms with van der Waals surface area (Å²) in [6, 6.07) is 17.2. The number of imide groups is 1. The lowest BCUT2D eigenvalue weighted by Crippen LogP contribution is -2.37. The summed E-state index contributed by atoms with van der Waals surface area (Å²) in [4.78, 5) is 46.3. The Morgan fingerprint density at radius 2 is 1.59 bits per heavy atom. The Balaban J connectivity index is 1.60. The van der Waals surface area contributed by atoms with E-state index in [2.05, 4.69) is 0 Å². The van der Waals surface area contributed by atoms with Gasteiger partial charge in [0, 0.05) is 0 Å². The van der Waals surface area contributed by atoms with Crippen LogP contribution in [0.3, 0.4) is 0 Å². The number of benzene rings is 3. The van der Waals surface area contributed by atoms with Gasteiger partial charge in [-0.15, -0.1) is 0 Å². The van der Waals surface area contributed by atoms with Crippen LogP contribution in [0.4, 0.5) is 17.1 Å². The van der Waals surface area contributed by atoms with Gasteiger partial charge in [0.15, 0.2) is 17.6 Å². The third-order valence-corrected chi connectivity index (χ3v) is 6.74. The smallest absolute Gasteiger partial charge is 0.278 e. The number of hydrogen-bond acceptors (Lipinski definition) is 9. The molecule has 0 N–H and O–H groups in total. The van der Waals surface area contributed by atoms with E-state index in [-0.39, 0.29) is 22.7 Å². The average molecular weight is 534 g/mol. The number of ether oxygens (including phenoxy) is 3. The summed E-state index contributed by atoms with van der Waals surface area (Å²) in [5.74, 6) is -1.13. The second-order valence-corrected chi connectivity index (χ2v) is 9.04. The lowest BCUT2D eigenvalue weighted by atomic mass is 9.89. The Kier molecular flexibility index (Phi) is 7.07. The number of carbonyl (C=O) groups excluding carboxylic acids is 2. The van der Waals surface area contributed by atoms with E-state index in [9.17, 15) is 19.7 Å². The minimum absolute atomic E-state index is 0.153. The van der Waals surface area contributed by atoms with Crippen LogP contribution in [-0.4, -0.2) is 43.7 Å². The molecule has 2 amide bonds. The van der Waals surface area contributed by atoms with Gasteiger partial charge in [-0.2, -0.15) is 0 Å². The topological polar surface area (TPSA) is 121 Å². The molecule has 2 aliphatic rings. The Labute approximate surface area is 224 Å². The van der Waals surface area contributed by atoms with Crippen molar-refractivity contribution in [2.75, 3.05) is 30.8 Å². The first kappa shape index (κ1) is 26.0. The Bertz CT molecular complexity index is 1400. The molecule has 0 saturated carbocycles. The first-order chi connectivity index (χ1) is 18.9. The van der Waals surface area contributed by atoms with E-state index in [4.69, 9.17) is 19.0 Å². The fraction of sp³-hybridized carbons (Fsp3) is 0.286. The molecule has 0 unspecified atom stereocenters. The number of amides is 2. The summed E-state index contributed by atoms with van der Waals surface area (Å²) in [6.45, 7) is 2.53. The Morgan fingerprint density at radius 1 is 0.923 bits per heavy atom. The van der Waals surface area contributed by atoms with Crippen molar-refractivity contribution in [1.82, 2.24) is 0 Å². The molecule has 2 heterocycles. The van der Waals surface area contributed by atoms with E-state index in [1.807, 2.05) is 6.92 Å². The maximum atomic E-state index is 13.9. The molecule has 3 aromatic carbocycles. The SMILES string of the molecule is CCCOc1ccc(N2C(=O)[C@H]3[C@@H](ON(c4ccccc4)[C@H]3c3cc(OC)c(OC)cc3[N+](=O)[O-])C2=O)cc1. The predicted molar refractivity (Wildman–Crippen MR) is 141 cm³/mol. The van der Waals surface area contributed by atoms with Crippen LogP contribution in [0.25, 0.3) is 0 Å². The van der Waals surface area contributed by atoms with Crippen molar-refractivity contribution in [3.63, 3.8) is 0 Å². The third kappa shape index (κ3) is 4.50. The molecule has 3 atom stereocenters. The summed E-state index contributed by atoms with van der Waals surface area (Å²) in [7, 11) is 2.79. The lowest BCUT2D eigenvalue weighted by molar-refractivity contribution is -0.385. The van der Waals surface area contributed by atoms with Crippen molar-refractivity contribution < 1.29 is 33.6 Å². The zero-order valence-electron chi connectivity index (χ0n) is 21.6. The molecule has 0 aliphatic carbocycles. The number of anilines is 2. The van der Waals surface area contributed by atoms with Crippen molar-refractivity contribution in [3.8, 4) is 17.2 Å². The van der Waals surface area contributed by atoms with Gasteiger partial charge in [0.05, 0.1) is 48.8 Å². The number of nitro groups is 1. The minimum atomic E-state index is -1.19. The van der Waals surface area contributed by atoms with Gasteiger partial charge in [-0.1, -0.05) is 25.1 Å². The molecule has 0 radical (unpaired) electrons. The van der Waals surface area contributed by atoms with Crippen molar-refractivity contribution in [2.45, 2.75) is 25.5 Å². The summed E-state index contributed by atoms with van der Waals surface area (Å²) in [5, 5.41) is 13.6. The monoisotopic (exact) mass is 533 g/mol.